The van der Waals surface area contributed by atoms with Gasteiger partial charge in [-0.2, -0.15) is 0 Å². The number of fused-ring (bicyclic) bond motifs is 1. The first kappa shape index (κ1) is 20.1. The Kier molecular flexibility index (Phi) is 5.81. The predicted octanol–water partition coefficient (Wildman–Crippen LogP) is 6.08. The number of allylic oxidation sites excluding steroid dienone is 3. The smallest absolute Gasteiger partial charge is 0.127 e. The van der Waals surface area contributed by atoms with E-state index in [4.69, 9.17) is 4.74 Å². The van der Waals surface area contributed by atoms with Crippen LogP contribution >= 0.6 is 0 Å². The SMILES string of the molecule is C=CCCC1=CCCC(C2(O)c3c(OC)ccc(F)c3CCC2(C)C)CC1. The highest BCUT2D eigenvalue weighted by atomic mass is 19.1. The van der Waals surface area contributed by atoms with Crippen molar-refractivity contribution in [3.8, 4) is 5.75 Å². The summed E-state index contributed by atoms with van der Waals surface area (Å²) < 4.78 is 20.2. The van der Waals surface area contributed by atoms with Gasteiger partial charge in [-0.15, -0.1) is 6.58 Å². The van der Waals surface area contributed by atoms with Crippen LogP contribution in [0, 0.1) is 17.2 Å². The minimum Gasteiger partial charge on any atom is -0.496 e. The lowest BCUT2D eigenvalue weighted by Gasteiger charge is -2.52. The van der Waals surface area contributed by atoms with Crippen LogP contribution in [0.3, 0.4) is 0 Å². The van der Waals surface area contributed by atoms with Crippen LogP contribution in [0.15, 0.2) is 36.4 Å². The molecule has 0 amide bonds. The summed E-state index contributed by atoms with van der Waals surface area (Å²) in [5.41, 5.74) is 1.37. The quantitative estimate of drug-likeness (QED) is 0.635. The molecule has 2 nitrogen and oxygen atoms in total. The summed E-state index contributed by atoms with van der Waals surface area (Å²) in [7, 11) is 1.61. The van der Waals surface area contributed by atoms with Crippen molar-refractivity contribution in [2.75, 3.05) is 7.11 Å². The molecule has 2 unspecified atom stereocenters. The molecule has 27 heavy (non-hydrogen) atoms. The van der Waals surface area contributed by atoms with E-state index in [1.165, 1.54) is 11.6 Å². The topological polar surface area (TPSA) is 29.5 Å². The molecule has 0 radical (unpaired) electrons. The number of hydrogen-bond donors (Lipinski definition) is 1. The Morgan fingerprint density at radius 1 is 1.30 bits per heavy atom. The van der Waals surface area contributed by atoms with E-state index in [1.807, 2.05) is 6.08 Å². The van der Waals surface area contributed by atoms with Crippen LogP contribution < -0.4 is 4.74 Å². The Labute approximate surface area is 163 Å². The third-order valence-corrected chi connectivity index (χ3v) is 6.87. The molecular weight excluding hydrogens is 339 g/mol. The Bertz CT molecular complexity index is 734. The van der Waals surface area contributed by atoms with E-state index in [9.17, 15) is 9.50 Å². The van der Waals surface area contributed by atoms with E-state index in [0.717, 1.165) is 44.9 Å². The van der Waals surface area contributed by atoms with E-state index >= 15 is 0 Å². The third kappa shape index (κ3) is 3.47. The van der Waals surface area contributed by atoms with Gasteiger partial charge >= 0.3 is 0 Å². The molecule has 148 valence electrons. The molecule has 0 saturated heterocycles. The monoisotopic (exact) mass is 372 g/mol. The number of halogens is 1. The maximum absolute atomic E-state index is 14.6. The van der Waals surface area contributed by atoms with Gasteiger partial charge in [-0.25, -0.2) is 4.39 Å². The highest BCUT2D eigenvalue weighted by molar-refractivity contribution is 5.49. The fourth-order valence-electron chi connectivity index (χ4n) is 5.18. The van der Waals surface area contributed by atoms with E-state index in [-0.39, 0.29) is 17.2 Å². The van der Waals surface area contributed by atoms with Crippen LogP contribution in [-0.4, -0.2) is 12.2 Å². The van der Waals surface area contributed by atoms with Gasteiger partial charge in [-0.1, -0.05) is 31.6 Å². The minimum absolute atomic E-state index is 0.0831. The molecule has 0 saturated carbocycles. The molecule has 0 aliphatic heterocycles. The zero-order chi connectivity index (χ0) is 19.7. The molecule has 2 atom stereocenters. The highest BCUT2D eigenvalue weighted by Crippen LogP contribution is 2.57. The molecular formula is C24H33FO2. The largest absolute Gasteiger partial charge is 0.496 e. The zero-order valence-corrected chi connectivity index (χ0v) is 17.0. The minimum atomic E-state index is -1.09. The Morgan fingerprint density at radius 3 is 2.78 bits per heavy atom. The van der Waals surface area contributed by atoms with E-state index in [2.05, 4.69) is 26.5 Å². The maximum atomic E-state index is 14.6. The van der Waals surface area contributed by atoms with Gasteiger partial charge < -0.3 is 9.84 Å². The summed E-state index contributed by atoms with van der Waals surface area (Å²) in [5.74, 6) is 0.476. The summed E-state index contributed by atoms with van der Waals surface area (Å²) in [4.78, 5) is 0. The van der Waals surface area contributed by atoms with Crippen LogP contribution in [-0.2, 0) is 12.0 Å². The van der Waals surface area contributed by atoms with Crippen molar-refractivity contribution in [3.63, 3.8) is 0 Å². The third-order valence-electron chi connectivity index (χ3n) is 6.87. The molecule has 0 fully saturated rings. The van der Waals surface area contributed by atoms with Crippen LogP contribution in [0.4, 0.5) is 4.39 Å². The number of benzene rings is 1. The average Bonchev–Trinajstić information content (AvgIpc) is 2.89. The fraction of sp³-hybridized carbons (Fsp3) is 0.583. The lowest BCUT2D eigenvalue weighted by atomic mass is 9.56. The van der Waals surface area contributed by atoms with Crippen molar-refractivity contribution in [1.82, 2.24) is 0 Å². The average molecular weight is 373 g/mol. The van der Waals surface area contributed by atoms with Gasteiger partial charge in [0.1, 0.15) is 17.2 Å². The number of hydrogen-bond acceptors (Lipinski definition) is 2. The number of aliphatic hydroxyl groups is 1. The van der Waals surface area contributed by atoms with Gasteiger partial charge in [0.05, 0.1) is 7.11 Å². The number of rotatable bonds is 5. The molecule has 2 aliphatic carbocycles. The molecule has 0 heterocycles. The van der Waals surface area contributed by atoms with E-state index < -0.39 is 5.60 Å². The van der Waals surface area contributed by atoms with Crippen molar-refractivity contribution < 1.29 is 14.2 Å². The lowest BCUT2D eigenvalue weighted by Crippen LogP contribution is -2.51. The second kappa shape index (κ2) is 7.79. The standard InChI is InChI=1S/C24H33FO2/c1-5-6-8-17-9-7-10-18(12-11-17)24(26)22-19(15-16-23(24,2)3)20(25)13-14-21(22)27-4/h5,9,13-14,18,26H,1,6-8,10-12,15-16H2,2-4H3. The van der Waals surface area contributed by atoms with Gasteiger partial charge in [0.2, 0.25) is 0 Å². The van der Waals surface area contributed by atoms with Crippen molar-refractivity contribution in [1.29, 1.82) is 0 Å². The molecule has 0 bridgehead atoms. The van der Waals surface area contributed by atoms with Gasteiger partial charge in [0, 0.05) is 5.56 Å². The molecule has 3 heteroatoms. The van der Waals surface area contributed by atoms with Gasteiger partial charge in [0.25, 0.3) is 0 Å². The normalized spacial score (nSPS) is 27.3. The summed E-state index contributed by atoms with van der Waals surface area (Å²) in [5, 5.41) is 12.2. The van der Waals surface area contributed by atoms with Crippen LogP contribution in [0.1, 0.15) is 69.9 Å². The second-order valence-corrected chi connectivity index (χ2v) is 8.76. The van der Waals surface area contributed by atoms with Gasteiger partial charge in [-0.05, 0) is 80.4 Å². The zero-order valence-electron chi connectivity index (χ0n) is 17.0. The summed E-state index contributed by atoms with van der Waals surface area (Å²) in [6.07, 6.45) is 11.5. The van der Waals surface area contributed by atoms with Crippen molar-refractivity contribution in [2.24, 2.45) is 11.3 Å². The maximum Gasteiger partial charge on any atom is 0.127 e. The molecule has 3 rings (SSSR count). The van der Waals surface area contributed by atoms with Crippen LogP contribution in [0.2, 0.25) is 0 Å². The summed E-state index contributed by atoms with van der Waals surface area (Å²) in [6.45, 7) is 8.07. The van der Waals surface area contributed by atoms with Gasteiger partial charge in [-0.3, -0.25) is 0 Å². The van der Waals surface area contributed by atoms with Crippen molar-refractivity contribution >= 4 is 0 Å². The van der Waals surface area contributed by atoms with Crippen molar-refractivity contribution in [2.45, 2.75) is 70.8 Å². The van der Waals surface area contributed by atoms with E-state index in [0.29, 0.717) is 23.3 Å². The molecule has 1 N–H and O–H groups in total. The van der Waals surface area contributed by atoms with E-state index in [1.54, 1.807) is 13.2 Å². The fourth-order valence-corrected chi connectivity index (χ4v) is 5.18. The first-order valence-electron chi connectivity index (χ1n) is 10.2. The lowest BCUT2D eigenvalue weighted by molar-refractivity contribution is -0.136. The molecule has 0 spiro atoms. The molecule has 1 aromatic rings. The number of methoxy groups -OCH3 is 1. The molecule has 1 aromatic carbocycles. The molecule has 2 aliphatic rings. The Morgan fingerprint density at radius 2 is 2.07 bits per heavy atom. The van der Waals surface area contributed by atoms with Crippen molar-refractivity contribution in [3.05, 3.63) is 53.4 Å². The first-order valence-corrected chi connectivity index (χ1v) is 10.2. The van der Waals surface area contributed by atoms with Crippen LogP contribution in [0.25, 0.3) is 0 Å². The van der Waals surface area contributed by atoms with Crippen LogP contribution in [0.5, 0.6) is 5.75 Å². The highest BCUT2D eigenvalue weighted by Gasteiger charge is 2.54. The predicted molar refractivity (Wildman–Crippen MR) is 108 cm³/mol. The van der Waals surface area contributed by atoms with Gasteiger partial charge in [0.15, 0.2) is 0 Å². The number of ether oxygens (including phenoxy) is 1. The summed E-state index contributed by atoms with van der Waals surface area (Å²) in [6, 6.07) is 3.14. The Hall–Kier alpha value is -1.61. The second-order valence-electron chi connectivity index (χ2n) is 8.76. The first-order chi connectivity index (χ1) is 12.8. The Balaban J connectivity index is 2.01. The summed E-state index contributed by atoms with van der Waals surface area (Å²) >= 11 is 0. The molecule has 0 aromatic heterocycles.